The van der Waals surface area contributed by atoms with Crippen LogP contribution in [0.2, 0.25) is 0 Å². The molecule has 0 radical (unpaired) electrons. The number of nitrogens with zero attached hydrogens (tertiary/aromatic N) is 2. The maximum absolute atomic E-state index is 4.97. The molecule has 1 saturated carbocycles. The zero-order chi connectivity index (χ0) is 9.10. The summed E-state index contributed by atoms with van der Waals surface area (Å²) in [5, 5.41) is 3.30. The highest BCUT2D eigenvalue weighted by molar-refractivity contribution is 5.35. The molecule has 0 atom stereocenters. The fraction of sp³-hybridized carbons (Fsp3) is 0.556. The molecule has 4 heteroatoms. The van der Waals surface area contributed by atoms with Crippen LogP contribution < -0.4 is 10.1 Å². The number of ether oxygens (including phenoxy) is 1. The second kappa shape index (κ2) is 3.60. The second-order valence-corrected chi connectivity index (χ2v) is 3.22. The largest absolute Gasteiger partial charge is 0.480 e. The van der Waals surface area contributed by atoms with Crippen molar-refractivity contribution >= 4 is 5.82 Å². The lowest BCUT2D eigenvalue weighted by Gasteiger charge is -2.26. The molecule has 0 spiro atoms. The molecule has 1 N–H and O–H groups in total. The molecular formula is C9H13N3O. The van der Waals surface area contributed by atoms with Crippen molar-refractivity contribution < 1.29 is 4.74 Å². The van der Waals surface area contributed by atoms with Crippen LogP contribution in [0.15, 0.2) is 12.4 Å². The Kier molecular flexibility index (Phi) is 2.29. The van der Waals surface area contributed by atoms with E-state index in [0.29, 0.717) is 11.9 Å². The van der Waals surface area contributed by atoms with E-state index >= 15 is 0 Å². The fourth-order valence-corrected chi connectivity index (χ4v) is 1.28. The molecule has 4 nitrogen and oxygen atoms in total. The van der Waals surface area contributed by atoms with Crippen molar-refractivity contribution in [2.75, 3.05) is 12.4 Å². The van der Waals surface area contributed by atoms with Crippen molar-refractivity contribution in [1.82, 2.24) is 9.97 Å². The van der Waals surface area contributed by atoms with E-state index in [2.05, 4.69) is 15.3 Å². The van der Waals surface area contributed by atoms with Crippen molar-refractivity contribution in [3.63, 3.8) is 0 Å². The predicted molar refractivity (Wildman–Crippen MR) is 49.8 cm³/mol. The zero-order valence-corrected chi connectivity index (χ0v) is 7.66. The number of aromatic nitrogens is 2. The summed E-state index contributed by atoms with van der Waals surface area (Å²) in [5.74, 6) is 1.37. The van der Waals surface area contributed by atoms with Gasteiger partial charge in [0.2, 0.25) is 5.88 Å². The fourth-order valence-electron chi connectivity index (χ4n) is 1.28. The van der Waals surface area contributed by atoms with Gasteiger partial charge >= 0.3 is 0 Å². The van der Waals surface area contributed by atoms with Gasteiger partial charge in [-0.1, -0.05) is 0 Å². The maximum atomic E-state index is 4.97. The molecule has 1 aliphatic carbocycles. The van der Waals surface area contributed by atoms with Gasteiger partial charge in [0.05, 0.1) is 19.5 Å². The third-order valence-electron chi connectivity index (χ3n) is 2.28. The highest BCUT2D eigenvalue weighted by Gasteiger charge is 2.17. The number of hydrogen-bond donors (Lipinski definition) is 1. The molecule has 1 aromatic rings. The summed E-state index contributed by atoms with van der Waals surface area (Å²) in [6, 6.07) is 0.585. The monoisotopic (exact) mass is 179 g/mol. The van der Waals surface area contributed by atoms with Crippen molar-refractivity contribution in [1.29, 1.82) is 0 Å². The number of rotatable bonds is 3. The van der Waals surface area contributed by atoms with E-state index in [1.54, 1.807) is 19.5 Å². The summed E-state index contributed by atoms with van der Waals surface area (Å²) >= 11 is 0. The van der Waals surface area contributed by atoms with Gasteiger partial charge in [-0.25, -0.2) is 0 Å². The van der Waals surface area contributed by atoms with Gasteiger partial charge in [0.15, 0.2) is 0 Å². The average Bonchev–Trinajstić information content (AvgIpc) is 2.12. The molecule has 0 saturated heterocycles. The Morgan fingerprint density at radius 3 is 2.92 bits per heavy atom. The Labute approximate surface area is 77.4 Å². The van der Waals surface area contributed by atoms with Crippen LogP contribution in [0.4, 0.5) is 5.82 Å². The Balaban J connectivity index is 2.01. The standard InChI is InChI=1S/C9H13N3O/c1-13-9-6-10-5-8(12-9)11-7-3-2-4-7/h5-7H,2-4H2,1H3,(H,11,12). The molecule has 1 aromatic heterocycles. The second-order valence-electron chi connectivity index (χ2n) is 3.22. The minimum atomic E-state index is 0.560. The van der Waals surface area contributed by atoms with Gasteiger partial charge < -0.3 is 10.1 Å². The van der Waals surface area contributed by atoms with E-state index in [9.17, 15) is 0 Å². The SMILES string of the molecule is COc1cncc(NC2CCC2)n1. The first-order valence-corrected chi connectivity index (χ1v) is 4.51. The summed E-state index contributed by atoms with van der Waals surface area (Å²) in [4.78, 5) is 8.23. The van der Waals surface area contributed by atoms with E-state index in [-0.39, 0.29) is 0 Å². The first-order chi connectivity index (χ1) is 6.38. The van der Waals surface area contributed by atoms with Crippen LogP contribution in [0.1, 0.15) is 19.3 Å². The number of anilines is 1. The van der Waals surface area contributed by atoms with Crippen molar-refractivity contribution in [3.05, 3.63) is 12.4 Å². The zero-order valence-electron chi connectivity index (χ0n) is 7.66. The maximum Gasteiger partial charge on any atom is 0.233 e. The molecule has 0 unspecified atom stereocenters. The van der Waals surface area contributed by atoms with Gasteiger partial charge in [-0.2, -0.15) is 4.98 Å². The van der Waals surface area contributed by atoms with Gasteiger partial charge in [-0.05, 0) is 19.3 Å². The van der Waals surface area contributed by atoms with Gasteiger partial charge in [0.1, 0.15) is 5.82 Å². The summed E-state index contributed by atoms with van der Waals surface area (Å²) < 4.78 is 4.97. The summed E-state index contributed by atoms with van der Waals surface area (Å²) in [6.45, 7) is 0. The van der Waals surface area contributed by atoms with Gasteiger partial charge in [-0.15, -0.1) is 0 Å². The molecule has 0 amide bonds. The lowest BCUT2D eigenvalue weighted by molar-refractivity contribution is 0.394. The minimum Gasteiger partial charge on any atom is -0.480 e. The molecule has 70 valence electrons. The molecule has 1 fully saturated rings. The highest BCUT2D eigenvalue weighted by Crippen LogP contribution is 2.22. The summed E-state index contributed by atoms with van der Waals surface area (Å²) in [6.07, 6.45) is 7.11. The van der Waals surface area contributed by atoms with Crippen LogP contribution >= 0.6 is 0 Å². The predicted octanol–water partition coefficient (Wildman–Crippen LogP) is 1.45. The van der Waals surface area contributed by atoms with Crippen molar-refractivity contribution in [2.45, 2.75) is 25.3 Å². The first kappa shape index (κ1) is 8.29. The quantitative estimate of drug-likeness (QED) is 0.762. The Morgan fingerprint density at radius 1 is 1.46 bits per heavy atom. The van der Waals surface area contributed by atoms with E-state index in [1.807, 2.05) is 0 Å². The number of nitrogens with one attached hydrogen (secondary N) is 1. The van der Waals surface area contributed by atoms with Gasteiger partial charge in [0, 0.05) is 6.04 Å². The molecule has 0 aliphatic heterocycles. The Morgan fingerprint density at radius 2 is 2.31 bits per heavy atom. The van der Waals surface area contributed by atoms with Crippen LogP contribution in [0.3, 0.4) is 0 Å². The smallest absolute Gasteiger partial charge is 0.233 e. The molecule has 0 aromatic carbocycles. The molecule has 1 heterocycles. The third-order valence-corrected chi connectivity index (χ3v) is 2.28. The third kappa shape index (κ3) is 1.88. The molecule has 1 aliphatic rings. The normalized spacial score (nSPS) is 16.4. The van der Waals surface area contributed by atoms with E-state index in [4.69, 9.17) is 4.74 Å². The van der Waals surface area contributed by atoms with E-state index < -0.39 is 0 Å². The van der Waals surface area contributed by atoms with E-state index in [0.717, 1.165) is 5.82 Å². The van der Waals surface area contributed by atoms with Gasteiger partial charge in [-0.3, -0.25) is 4.98 Å². The minimum absolute atomic E-state index is 0.560. The van der Waals surface area contributed by atoms with E-state index in [1.165, 1.54) is 19.3 Å². The Bertz CT molecular complexity index is 286. The van der Waals surface area contributed by atoms with Crippen LogP contribution in [0.5, 0.6) is 5.88 Å². The average molecular weight is 179 g/mol. The number of hydrogen-bond acceptors (Lipinski definition) is 4. The van der Waals surface area contributed by atoms with Crippen LogP contribution in [-0.2, 0) is 0 Å². The van der Waals surface area contributed by atoms with Gasteiger partial charge in [0.25, 0.3) is 0 Å². The topological polar surface area (TPSA) is 47.0 Å². The highest BCUT2D eigenvalue weighted by atomic mass is 16.5. The summed E-state index contributed by atoms with van der Waals surface area (Å²) in [5.41, 5.74) is 0. The molecule has 2 rings (SSSR count). The molecule has 13 heavy (non-hydrogen) atoms. The molecular weight excluding hydrogens is 166 g/mol. The summed E-state index contributed by atoms with van der Waals surface area (Å²) in [7, 11) is 1.59. The van der Waals surface area contributed by atoms with Crippen LogP contribution in [0.25, 0.3) is 0 Å². The lowest BCUT2D eigenvalue weighted by Crippen LogP contribution is -2.27. The van der Waals surface area contributed by atoms with Crippen LogP contribution in [-0.4, -0.2) is 23.1 Å². The van der Waals surface area contributed by atoms with Crippen molar-refractivity contribution in [3.8, 4) is 5.88 Å². The Hall–Kier alpha value is -1.32. The lowest BCUT2D eigenvalue weighted by atomic mass is 9.93. The van der Waals surface area contributed by atoms with Crippen molar-refractivity contribution in [2.24, 2.45) is 0 Å². The first-order valence-electron chi connectivity index (χ1n) is 4.51. The number of methoxy groups -OCH3 is 1. The van der Waals surface area contributed by atoms with Crippen LogP contribution in [0, 0.1) is 0 Å². The molecule has 0 bridgehead atoms.